The number of benzene rings is 2. The number of carboxylic acid groups (broad SMARTS) is 1. The molecule has 3 aromatic rings. The number of rotatable bonds is 6. The molecule has 1 heterocycles. The Morgan fingerprint density at radius 1 is 1.07 bits per heavy atom. The van der Waals surface area contributed by atoms with E-state index in [4.69, 9.17) is 13.9 Å². The van der Waals surface area contributed by atoms with Crippen LogP contribution in [0.1, 0.15) is 25.0 Å². The minimum absolute atomic E-state index is 0.0821. The molecule has 0 spiro atoms. The van der Waals surface area contributed by atoms with Crippen LogP contribution in [0.3, 0.4) is 0 Å². The Hall–Kier alpha value is -3.28. The Labute approximate surface area is 162 Å². The first-order chi connectivity index (χ1) is 13.3. The third-order valence-corrected chi connectivity index (χ3v) is 4.38. The van der Waals surface area contributed by atoms with Gasteiger partial charge in [-0.2, -0.15) is 0 Å². The molecule has 1 aromatic heterocycles. The Bertz CT molecular complexity index is 1080. The smallest absolute Gasteiger partial charge is 0.345 e. The molecule has 0 aliphatic heterocycles. The lowest BCUT2D eigenvalue weighted by Crippen LogP contribution is -2.32. The molecule has 146 valence electrons. The van der Waals surface area contributed by atoms with E-state index in [2.05, 4.69) is 0 Å². The quantitative estimate of drug-likeness (QED) is 0.666. The van der Waals surface area contributed by atoms with Crippen LogP contribution >= 0.6 is 0 Å². The van der Waals surface area contributed by atoms with Gasteiger partial charge in [0, 0.05) is 12.0 Å². The van der Waals surface area contributed by atoms with Crippen molar-refractivity contribution in [2.24, 2.45) is 5.92 Å². The van der Waals surface area contributed by atoms with Crippen LogP contribution in [-0.4, -0.2) is 17.2 Å². The number of fused-ring (bicyclic) bond motifs is 1. The highest BCUT2D eigenvalue weighted by Gasteiger charge is 2.23. The van der Waals surface area contributed by atoms with Crippen molar-refractivity contribution < 1.29 is 23.8 Å². The molecule has 6 heteroatoms. The molecule has 0 amide bonds. The lowest BCUT2D eigenvalue weighted by molar-refractivity contribution is -0.147. The van der Waals surface area contributed by atoms with E-state index in [9.17, 15) is 14.7 Å². The Morgan fingerprint density at radius 2 is 1.82 bits per heavy atom. The normalized spacial score (nSPS) is 12.2. The predicted octanol–water partition coefficient (Wildman–Crippen LogP) is 4.69. The minimum Gasteiger partial charge on any atom is -0.478 e. The highest BCUT2D eigenvalue weighted by Crippen LogP contribution is 2.27. The fourth-order valence-electron chi connectivity index (χ4n) is 2.89. The summed E-state index contributed by atoms with van der Waals surface area (Å²) < 4.78 is 16.8. The van der Waals surface area contributed by atoms with Crippen molar-refractivity contribution in [3.63, 3.8) is 0 Å². The van der Waals surface area contributed by atoms with Gasteiger partial charge >= 0.3 is 5.97 Å². The lowest BCUT2D eigenvalue weighted by Gasteiger charge is -2.18. The number of aliphatic carboxylic acids is 1. The van der Waals surface area contributed by atoms with Gasteiger partial charge in [0.1, 0.15) is 23.3 Å². The molecule has 28 heavy (non-hydrogen) atoms. The van der Waals surface area contributed by atoms with Gasteiger partial charge in [0.15, 0.2) is 6.10 Å². The van der Waals surface area contributed by atoms with Crippen LogP contribution in [-0.2, 0) is 4.79 Å². The van der Waals surface area contributed by atoms with E-state index in [1.807, 2.05) is 32.0 Å². The molecule has 0 radical (unpaired) electrons. The summed E-state index contributed by atoms with van der Waals surface area (Å²) in [6.45, 7) is 7.41. The summed E-state index contributed by atoms with van der Waals surface area (Å²) in [6, 6.07) is 10.3. The van der Waals surface area contributed by atoms with Crippen molar-refractivity contribution in [1.82, 2.24) is 0 Å². The van der Waals surface area contributed by atoms with Crippen molar-refractivity contribution in [2.75, 3.05) is 0 Å². The Kier molecular flexibility index (Phi) is 5.40. The molecule has 6 nitrogen and oxygen atoms in total. The summed E-state index contributed by atoms with van der Waals surface area (Å²) >= 11 is 0. The number of aryl methyl sites for hydroxylation is 2. The first-order valence-electron chi connectivity index (χ1n) is 8.96. The zero-order valence-electron chi connectivity index (χ0n) is 16.2. The van der Waals surface area contributed by atoms with Gasteiger partial charge in [-0.15, -0.1) is 0 Å². The van der Waals surface area contributed by atoms with Crippen LogP contribution in [0.2, 0.25) is 0 Å². The SMILES string of the molecule is Cc1ccc(Oc2coc3cc(OC(C(=O)O)C(C)C)ccc3c2=O)c(C)c1. The third kappa shape index (κ3) is 4.01. The number of carbonyl (C=O) groups is 1. The summed E-state index contributed by atoms with van der Waals surface area (Å²) in [4.78, 5) is 24.1. The van der Waals surface area contributed by atoms with Gasteiger partial charge in [0.25, 0.3) is 0 Å². The largest absolute Gasteiger partial charge is 0.478 e. The molecule has 2 aromatic carbocycles. The zero-order valence-corrected chi connectivity index (χ0v) is 16.2. The monoisotopic (exact) mass is 382 g/mol. The van der Waals surface area contributed by atoms with Gasteiger partial charge in [0.2, 0.25) is 11.2 Å². The minimum atomic E-state index is -1.05. The summed E-state index contributed by atoms with van der Waals surface area (Å²) in [7, 11) is 0. The van der Waals surface area contributed by atoms with Crippen molar-refractivity contribution in [1.29, 1.82) is 0 Å². The van der Waals surface area contributed by atoms with Crippen LogP contribution < -0.4 is 14.9 Å². The van der Waals surface area contributed by atoms with E-state index in [-0.39, 0.29) is 17.1 Å². The highest BCUT2D eigenvalue weighted by molar-refractivity contribution is 5.79. The fraction of sp³-hybridized carbons (Fsp3) is 0.273. The maximum absolute atomic E-state index is 12.7. The van der Waals surface area contributed by atoms with Gasteiger partial charge in [-0.25, -0.2) is 4.79 Å². The molecule has 0 aliphatic rings. The van der Waals surface area contributed by atoms with Gasteiger partial charge in [-0.05, 0) is 37.6 Å². The Balaban J connectivity index is 1.92. The van der Waals surface area contributed by atoms with E-state index >= 15 is 0 Å². The molecule has 3 rings (SSSR count). The summed E-state index contributed by atoms with van der Waals surface area (Å²) in [6.07, 6.45) is 0.265. The maximum atomic E-state index is 12.7. The summed E-state index contributed by atoms with van der Waals surface area (Å²) in [5, 5.41) is 9.59. The molecule has 0 saturated carbocycles. The van der Waals surface area contributed by atoms with Crippen molar-refractivity contribution in [3.05, 3.63) is 64.0 Å². The second-order valence-electron chi connectivity index (χ2n) is 7.08. The van der Waals surface area contributed by atoms with E-state index < -0.39 is 12.1 Å². The number of hydrogen-bond acceptors (Lipinski definition) is 5. The molecular formula is C22H22O6. The van der Waals surface area contributed by atoms with Crippen LogP contribution in [0.5, 0.6) is 17.2 Å². The third-order valence-electron chi connectivity index (χ3n) is 4.38. The lowest BCUT2D eigenvalue weighted by atomic mass is 10.1. The van der Waals surface area contributed by atoms with Crippen LogP contribution in [0, 0.1) is 19.8 Å². The van der Waals surface area contributed by atoms with Crippen molar-refractivity contribution >= 4 is 16.9 Å². The topological polar surface area (TPSA) is 86.0 Å². The molecule has 1 atom stereocenters. The van der Waals surface area contributed by atoms with E-state index in [0.717, 1.165) is 11.1 Å². The fourth-order valence-corrected chi connectivity index (χ4v) is 2.89. The first-order valence-corrected chi connectivity index (χ1v) is 8.96. The maximum Gasteiger partial charge on any atom is 0.345 e. The van der Waals surface area contributed by atoms with Gasteiger partial charge in [-0.1, -0.05) is 31.5 Å². The zero-order chi connectivity index (χ0) is 20.4. The first kappa shape index (κ1) is 19.5. The van der Waals surface area contributed by atoms with E-state index in [1.165, 1.54) is 12.3 Å². The predicted molar refractivity (Wildman–Crippen MR) is 105 cm³/mol. The van der Waals surface area contributed by atoms with Crippen molar-refractivity contribution in [3.8, 4) is 17.2 Å². The standard InChI is InChI=1S/C22H22O6/c1-12(2)21(22(24)25)27-15-6-7-16-18(10-15)26-11-19(20(16)23)28-17-8-5-13(3)9-14(17)4/h5-12,21H,1-4H3,(H,24,25). The molecule has 0 fully saturated rings. The average Bonchev–Trinajstić information content (AvgIpc) is 2.63. The molecule has 0 saturated heterocycles. The van der Waals surface area contributed by atoms with E-state index in [0.29, 0.717) is 22.5 Å². The van der Waals surface area contributed by atoms with E-state index in [1.54, 1.807) is 26.0 Å². The van der Waals surface area contributed by atoms with Gasteiger partial charge in [0.05, 0.1) is 5.39 Å². The number of hydrogen-bond donors (Lipinski definition) is 1. The molecular weight excluding hydrogens is 360 g/mol. The average molecular weight is 382 g/mol. The summed E-state index contributed by atoms with van der Waals surface area (Å²) in [5.74, 6) is -0.278. The highest BCUT2D eigenvalue weighted by atomic mass is 16.5. The van der Waals surface area contributed by atoms with Gasteiger partial charge in [-0.3, -0.25) is 4.79 Å². The molecule has 1 unspecified atom stereocenters. The van der Waals surface area contributed by atoms with Crippen LogP contribution in [0.25, 0.3) is 11.0 Å². The number of carboxylic acids is 1. The van der Waals surface area contributed by atoms with Crippen LogP contribution in [0.4, 0.5) is 0 Å². The Morgan fingerprint density at radius 3 is 2.46 bits per heavy atom. The molecule has 0 bridgehead atoms. The van der Waals surface area contributed by atoms with Crippen molar-refractivity contribution in [2.45, 2.75) is 33.8 Å². The van der Waals surface area contributed by atoms with Crippen LogP contribution in [0.15, 0.2) is 51.9 Å². The second kappa shape index (κ2) is 7.76. The molecule has 1 N–H and O–H groups in total. The molecule has 0 aliphatic carbocycles. The summed E-state index contributed by atoms with van der Waals surface area (Å²) in [5.41, 5.74) is 2.00. The van der Waals surface area contributed by atoms with Gasteiger partial charge < -0.3 is 19.0 Å². The second-order valence-corrected chi connectivity index (χ2v) is 7.08. The number of ether oxygens (including phenoxy) is 2.